The molecule has 4 nitrogen and oxygen atoms in total. The number of rotatable bonds is 3. The van der Waals surface area contributed by atoms with Crippen molar-refractivity contribution in [3.63, 3.8) is 0 Å². The monoisotopic (exact) mass is 344 g/mol. The van der Waals surface area contributed by atoms with Crippen LogP contribution in [-0.2, 0) is 9.84 Å². The highest BCUT2D eigenvalue weighted by Gasteiger charge is 2.38. The lowest BCUT2D eigenvalue weighted by Gasteiger charge is -2.21. The Labute approximate surface area is 122 Å². The average molecular weight is 345 g/mol. The van der Waals surface area contributed by atoms with Gasteiger partial charge in [0.15, 0.2) is 9.84 Å². The summed E-state index contributed by atoms with van der Waals surface area (Å²) in [6, 6.07) is 7.57. The molecule has 1 aliphatic rings. The van der Waals surface area contributed by atoms with E-state index in [1.165, 1.54) is 0 Å². The van der Waals surface area contributed by atoms with Crippen molar-refractivity contribution in [2.24, 2.45) is 4.99 Å². The Morgan fingerprint density at radius 3 is 2.47 bits per heavy atom. The Morgan fingerprint density at radius 1 is 1.26 bits per heavy atom. The fraction of sp³-hybridized carbons (Fsp3) is 0.462. The molecule has 0 N–H and O–H groups in total. The van der Waals surface area contributed by atoms with Crippen LogP contribution in [0.3, 0.4) is 0 Å². The summed E-state index contributed by atoms with van der Waals surface area (Å²) in [5.41, 5.74) is 0.977. The van der Waals surface area contributed by atoms with Crippen LogP contribution in [0.1, 0.15) is 5.56 Å². The number of halogens is 1. The van der Waals surface area contributed by atoms with Gasteiger partial charge in [-0.3, -0.25) is 4.99 Å². The minimum absolute atomic E-state index is 0.0308. The number of likely N-dealkylation sites (N-methyl/N-ethyl adjacent to an activating group) is 1. The normalized spacial score (nSPS) is 26.3. The highest BCUT2D eigenvalue weighted by molar-refractivity contribution is 9.10. The van der Waals surface area contributed by atoms with E-state index in [0.717, 1.165) is 10.0 Å². The molecule has 2 atom stereocenters. The molecule has 1 saturated heterocycles. The summed E-state index contributed by atoms with van der Waals surface area (Å²) in [6.07, 6.45) is 1.76. The largest absolute Gasteiger partial charge is 0.303 e. The lowest BCUT2D eigenvalue weighted by atomic mass is 10.1. The quantitative estimate of drug-likeness (QED) is 0.782. The average Bonchev–Trinajstić information content (AvgIpc) is 2.64. The number of sulfone groups is 1. The van der Waals surface area contributed by atoms with Crippen LogP contribution in [0, 0.1) is 0 Å². The molecule has 0 spiro atoms. The Balaban J connectivity index is 2.15. The highest BCUT2D eigenvalue weighted by Crippen LogP contribution is 2.19. The molecule has 1 aromatic carbocycles. The third-order valence-corrected chi connectivity index (χ3v) is 5.47. The molecule has 0 bridgehead atoms. The van der Waals surface area contributed by atoms with Crippen LogP contribution in [0.2, 0.25) is 0 Å². The molecule has 1 fully saturated rings. The molecule has 0 radical (unpaired) electrons. The molecule has 2 rings (SSSR count). The Hall–Kier alpha value is -0.720. The van der Waals surface area contributed by atoms with E-state index in [1.807, 2.05) is 43.3 Å². The maximum absolute atomic E-state index is 11.7. The van der Waals surface area contributed by atoms with E-state index >= 15 is 0 Å². The topological polar surface area (TPSA) is 49.7 Å². The van der Waals surface area contributed by atoms with Gasteiger partial charge in [0.2, 0.25) is 0 Å². The minimum Gasteiger partial charge on any atom is -0.303 e. The Bertz CT molecular complexity index is 567. The molecule has 1 heterocycles. The summed E-state index contributed by atoms with van der Waals surface area (Å²) in [5.74, 6) is 0.339. The lowest BCUT2D eigenvalue weighted by Crippen LogP contribution is -2.37. The van der Waals surface area contributed by atoms with Crippen LogP contribution in [0.25, 0.3) is 0 Å². The van der Waals surface area contributed by atoms with Gasteiger partial charge in [-0.2, -0.15) is 0 Å². The number of benzene rings is 1. The second-order valence-corrected chi connectivity index (χ2v) is 8.07. The molecule has 19 heavy (non-hydrogen) atoms. The molecule has 0 aliphatic carbocycles. The summed E-state index contributed by atoms with van der Waals surface area (Å²) < 4.78 is 24.4. The van der Waals surface area contributed by atoms with Gasteiger partial charge in [-0.1, -0.05) is 28.1 Å². The zero-order valence-corrected chi connectivity index (χ0v) is 13.4. The second kappa shape index (κ2) is 5.73. The van der Waals surface area contributed by atoms with Gasteiger partial charge in [-0.15, -0.1) is 0 Å². The lowest BCUT2D eigenvalue weighted by molar-refractivity contribution is 0.297. The first-order chi connectivity index (χ1) is 8.87. The van der Waals surface area contributed by atoms with E-state index < -0.39 is 9.84 Å². The van der Waals surface area contributed by atoms with Crippen molar-refractivity contribution in [3.8, 4) is 0 Å². The molecule has 104 valence electrons. The van der Waals surface area contributed by atoms with Gasteiger partial charge in [-0.25, -0.2) is 8.42 Å². The maximum atomic E-state index is 11.7. The van der Waals surface area contributed by atoms with Crippen molar-refractivity contribution < 1.29 is 8.42 Å². The molecule has 1 aliphatic heterocycles. The zero-order valence-electron chi connectivity index (χ0n) is 11.0. The summed E-state index contributed by atoms with van der Waals surface area (Å²) in [4.78, 5) is 6.40. The molecule has 0 amide bonds. The summed E-state index contributed by atoms with van der Waals surface area (Å²) in [6.45, 7) is 0. The van der Waals surface area contributed by atoms with E-state index in [9.17, 15) is 8.42 Å². The van der Waals surface area contributed by atoms with Crippen LogP contribution in [-0.4, -0.2) is 57.2 Å². The van der Waals surface area contributed by atoms with Gasteiger partial charge in [0.05, 0.1) is 17.5 Å². The predicted molar refractivity (Wildman–Crippen MR) is 81.7 cm³/mol. The van der Waals surface area contributed by atoms with E-state index in [2.05, 4.69) is 20.9 Å². The van der Waals surface area contributed by atoms with E-state index in [1.54, 1.807) is 6.21 Å². The molecule has 1 aromatic rings. The predicted octanol–water partition coefficient (Wildman–Crippen LogP) is 1.60. The maximum Gasteiger partial charge on any atom is 0.154 e. The molecule has 0 unspecified atom stereocenters. The third kappa shape index (κ3) is 3.87. The molecule has 0 aromatic heterocycles. The van der Waals surface area contributed by atoms with Crippen molar-refractivity contribution in [1.82, 2.24) is 4.90 Å². The van der Waals surface area contributed by atoms with Gasteiger partial charge in [0, 0.05) is 16.7 Å². The molecule has 0 saturated carbocycles. The highest BCUT2D eigenvalue weighted by atomic mass is 79.9. The SMILES string of the molecule is CN(C)[C@@H]1CS(=O)(=O)C[C@H]1N=Cc1ccc(Br)cc1. The summed E-state index contributed by atoms with van der Waals surface area (Å²) in [7, 11) is 0.829. The smallest absolute Gasteiger partial charge is 0.154 e. The summed E-state index contributed by atoms with van der Waals surface area (Å²) in [5, 5.41) is 0. The molecular weight excluding hydrogens is 328 g/mol. The first-order valence-corrected chi connectivity index (χ1v) is 8.64. The van der Waals surface area contributed by atoms with Crippen LogP contribution in [0.15, 0.2) is 33.7 Å². The fourth-order valence-electron chi connectivity index (χ4n) is 2.18. The van der Waals surface area contributed by atoms with E-state index in [4.69, 9.17) is 0 Å². The van der Waals surface area contributed by atoms with Crippen molar-refractivity contribution in [3.05, 3.63) is 34.3 Å². The first-order valence-electron chi connectivity index (χ1n) is 6.03. The van der Waals surface area contributed by atoms with Gasteiger partial charge < -0.3 is 4.90 Å². The number of hydrogen-bond donors (Lipinski definition) is 0. The number of nitrogens with zero attached hydrogens (tertiary/aromatic N) is 2. The van der Waals surface area contributed by atoms with Crippen LogP contribution in [0.5, 0.6) is 0 Å². The van der Waals surface area contributed by atoms with Gasteiger partial charge >= 0.3 is 0 Å². The van der Waals surface area contributed by atoms with Gasteiger partial charge in [0.1, 0.15) is 0 Å². The molecule has 6 heteroatoms. The second-order valence-electron chi connectivity index (χ2n) is 5.00. The standard InChI is InChI=1S/C13H17BrN2O2S/c1-16(2)13-9-19(17,18)8-12(13)15-7-10-3-5-11(14)6-4-10/h3-7,12-13H,8-9H2,1-2H3/t12-,13-/m1/s1. The summed E-state index contributed by atoms with van der Waals surface area (Å²) >= 11 is 3.38. The van der Waals surface area contributed by atoms with Gasteiger partial charge in [-0.05, 0) is 31.8 Å². The van der Waals surface area contributed by atoms with Crippen LogP contribution < -0.4 is 0 Å². The number of hydrogen-bond acceptors (Lipinski definition) is 4. The number of aliphatic imine (C=N–C) groups is 1. The van der Waals surface area contributed by atoms with E-state index in [-0.39, 0.29) is 23.6 Å². The minimum atomic E-state index is -2.96. The molecular formula is C13H17BrN2O2S. The first kappa shape index (κ1) is 14.7. The Kier molecular flexibility index (Phi) is 4.43. The van der Waals surface area contributed by atoms with Crippen molar-refractivity contribution in [2.75, 3.05) is 25.6 Å². The van der Waals surface area contributed by atoms with Crippen LogP contribution in [0.4, 0.5) is 0 Å². The van der Waals surface area contributed by atoms with Gasteiger partial charge in [0.25, 0.3) is 0 Å². The Morgan fingerprint density at radius 2 is 1.89 bits per heavy atom. The zero-order chi connectivity index (χ0) is 14.0. The fourth-order valence-corrected chi connectivity index (χ4v) is 4.45. The third-order valence-electron chi connectivity index (χ3n) is 3.24. The van der Waals surface area contributed by atoms with Crippen molar-refractivity contribution in [1.29, 1.82) is 0 Å². The van der Waals surface area contributed by atoms with Crippen LogP contribution >= 0.6 is 15.9 Å². The van der Waals surface area contributed by atoms with Crippen molar-refractivity contribution >= 4 is 32.0 Å². The van der Waals surface area contributed by atoms with E-state index in [0.29, 0.717) is 0 Å². The van der Waals surface area contributed by atoms with Crippen molar-refractivity contribution in [2.45, 2.75) is 12.1 Å².